The van der Waals surface area contributed by atoms with Crippen LogP contribution >= 0.6 is 0 Å². The third-order valence-electron chi connectivity index (χ3n) is 3.85. The van der Waals surface area contributed by atoms with Crippen LogP contribution in [0, 0.1) is 0 Å². The van der Waals surface area contributed by atoms with Crippen LogP contribution in [0.2, 0.25) is 0 Å². The number of rotatable bonds is 7. The van der Waals surface area contributed by atoms with Crippen LogP contribution in [0.4, 0.5) is 16.2 Å². The van der Waals surface area contributed by atoms with Crippen molar-refractivity contribution in [2.45, 2.75) is 11.8 Å². The third-order valence-corrected chi connectivity index (χ3v) is 5.69. The highest BCUT2D eigenvalue weighted by Crippen LogP contribution is 2.29. The maximum absolute atomic E-state index is 12.5. The number of ether oxygens (including phenoxy) is 2. The van der Waals surface area contributed by atoms with Crippen LogP contribution < -0.4 is 15.4 Å². The van der Waals surface area contributed by atoms with E-state index in [1.807, 2.05) is 0 Å². The first-order chi connectivity index (χ1) is 13.7. The standard InChI is InChI=1S/C19H23N3O6S/c1-5-28-19(24)21-14-8-6-13(7-9-14)18(23)20-15-10-11-16(27-4)17(12-15)29(25,26)22(2)3/h6-12H,5H2,1-4H3,(H,20,23)(H,21,24). The highest BCUT2D eigenvalue weighted by atomic mass is 32.2. The van der Waals surface area contributed by atoms with Gasteiger partial charge in [-0.1, -0.05) is 0 Å². The van der Waals surface area contributed by atoms with Crippen molar-refractivity contribution in [1.82, 2.24) is 4.31 Å². The minimum atomic E-state index is -3.76. The molecule has 2 aromatic carbocycles. The fourth-order valence-electron chi connectivity index (χ4n) is 2.35. The molecular weight excluding hydrogens is 398 g/mol. The molecule has 156 valence electrons. The van der Waals surface area contributed by atoms with E-state index in [0.717, 1.165) is 4.31 Å². The average molecular weight is 421 g/mol. The van der Waals surface area contributed by atoms with Crippen molar-refractivity contribution in [3.05, 3.63) is 48.0 Å². The Morgan fingerprint density at radius 2 is 1.62 bits per heavy atom. The van der Waals surface area contributed by atoms with Gasteiger partial charge in [-0.2, -0.15) is 0 Å². The zero-order chi connectivity index (χ0) is 21.6. The van der Waals surface area contributed by atoms with Crippen LogP contribution in [0.15, 0.2) is 47.4 Å². The lowest BCUT2D eigenvalue weighted by molar-refractivity contribution is 0.102. The molecule has 2 aromatic rings. The van der Waals surface area contributed by atoms with Gasteiger partial charge in [0.05, 0.1) is 13.7 Å². The van der Waals surface area contributed by atoms with E-state index in [4.69, 9.17) is 9.47 Å². The summed E-state index contributed by atoms with van der Waals surface area (Å²) in [7, 11) is 0.427. The van der Waals surface area contributed by atoms with Crippen molar-refractivity contribution < 1.29 is 27.5 Å². The third kappa shape index (κ3) is 5.46. The molecule has 29 heavy (non-hydrogen) atoms. The van der Waals surface area contributed by atoms with E-state index < -0.39 is 22.0 Å². The molecule has 10 heteroatoms. The molecular formula is C19H23N3O6S. The predicted octanol–water partition coefficient (Wildman–Crippen LogP) is 2.77. The van der Waals surface area contributed by atoms with Gasteiger partial charge in [0.25, 0.3) is 5.91 Å². The summed E-state index contributed by atoms with van der Waals surface area (Å²) in [5.41, 5.74) is 1.10. The number of carbonyl (C=O) groups is 2. The molecule has 2 amide bonds. The first-order valence-electron chi connectivity index (χ1n) is 8.64. The molecule has 0 saturated carbocycles. The Morgan fingerprint density at radius 3 is 2.17 bits per heavy atom. The number of amides is 2. The van der Waals surface area contributed by atoms with E-state index >= 15 is 0 Å². The van der Waals surface area contributed by atoms with Crippen molar-refractivity contribution in [2.75, 3.05) is 38.4 Å². The Labute approximate surface area is 169 Å². The molecule has 0 radical (unpaired) electrons. The molecule has 0 spiro atoms. The number of methoxy groups -OCH3 is 1. The van der Waals surface area contributed by atoms with Crippen LogP contribution in [-0.4, -0.2) is 52.5 Å². The Kier molecular flexibility index (Phi) is 7.18. The van der Waals surface area contributed by atoms with Gasteiger partial charge < -0.3 is 14.8 Å². The van der Waals surface area contributed by atoms with Crippen LogP contribution in [-0.2, 0) is 14.8 Å². The Bertz CT molecular complexity index is 988. The lowest BCUT2D eigenvalue weighted by Crippen LogP contribution is -2.23. The second-order valence-electron chi connectivity index (χ2n) is 6.03. The molecule has 0 bridgehead atoms. The van der Waals surface area contributed by atoms with Gasteiger partial charge in [0.15, 0.2) is 0 Å². The van der Waals surface area contributed by atoms with Gasteiger partial charge in [0, 0.05) is 31.0 Å². The average Bonchev–Trinajstić information content (AvgIpc) is 2.68. The molecule has 0 fully saturated rings. The number of hydrogen-bond acceptors (Lipinski definition) is 6. The van der Waals surface area contributed by atoms with Crippen molar-refractivity contribution in [3.8, 4) is 5.75 Å². The van der Waals surface area contributed by atoms with E-state index in [-0.39, 0.29) is 17.3 Å². The SMILES string of the molecule is CCOC(=O)Nc1ccc(C(=O)Nc2ccc(OC)c(S(=O)(=O)N(C)C)c2)cc1. The number of nitrogens with one attached hydrogen (secondary N) is 2. The van der Waals surface area contributed by atoms with Crippen molar-refractivity contribution in [2.24, 2.45) is 0 Å². The molecule has 2 rings (SSSR count). The van der Waals surface area contributed by atoms with E-state index in [2.05, 4.69) is 10.6 Å². The minimum absolute atomic E-state index is 0.0585. The van der Waals surface area contributed by atoms with Crippen molar-refractivity contribution in [1.29, 1.82) is 0 Å². The number of nitrogens with zero attached hydrogens (tertiary/aromatic N) is 1. The van der Waals surface area contributed by atoms with Gasteiger partial charge in [0.2, 0.25) is 10.0 Å². The first-order valence-corrected chi connectivity index (χ1v) is 10.1. The number of carbonyl (C=O) groups excluding carboxylic acids is 2. The second kappa shape index (κ2) is 9.39. The molecule has 0 saturated heterocycles. The smallest absolute Gasteiger partial charge is 0.411 e. The van der Waals surface area contributed by atoms with Crippen LogP contribution in [0.3, 0.4) is 0 Å². The summed E-state index contributed by atoms with van der Waals surface area (Å²) in [5.74, 6) is -0.267. The summed E-state index contributed by atoms with van der Waals surface area (Å²) in [6, 6.07) is 10.5. The number of hydrogen-bond donors (Lipinski definition) is 2. The molecule has 0 aliphatic heterocycles. The quantitative estimate of drug-likeness (QED) is 0.711. The largest absolute Gasteiger partial charge is 0.495 e. The molecule has 0 heterocycles. The Balaban J connectivity index is 2.19. The van der Waals surface area contributed by atoms with E-state index in [9.17, 15) is 18.0 Å². The van der Waals surface area contributed by atoms with Gasteiger partial charge in [-0.15, -0.1) is 0 Å². The Hall–Kier alpha value is -3.11. The fourth-order valence-corrected chi connectivity index (χ4v) is 3.42. The fraction of sp³-hybridized carbons (Fsp3) is 0.263. The maximum Gasteiger partial charge on any atom is 0.411 e. The van der Waals surface area contributed by atoms with Crippen molar-refractivity contribution in [3.63, 3.8) is 0 Å². The summed E-state index contributed by atoms with van der Waals surface area (Å²) in [6.07, 6.45) is -0.586. The molecule has 0 atom stereocenters. The topological polar surface area (TPSA) is 114 Å². The highest BCUT2D eigenvalue weighted by Gasteiger charge is 2.23. The van der Waals surface area contributed by atoms with Gasteiger partial charge in [-0.3, -0.25) is 10.1 Å². The van der Waals surface area contributed by atoms with Crippen molar-refractivity contribution >= 4 is 33.4 Å². The lowest BCUT2D eigenvalue weighted by Gasteiger charge is -2.16. The molecule has 0 aliphatic carbocycles. The minimum Gasteiger partial charge on any atom is -0.495 e. The predicted molar refractivity (Wildman–Crippen MR) is 109 cm³/mol. The summed E-state index contributed by atoms with van der Waals surface area (Å²) in [6.45, 7) is 1.95. The summed E-state index contributed by atoms with van der Waals surface area (Å²) in [4.78, 5) is 23.8. The van der Waals surface area contributed by atoms with Crippen LogP contribution in [0.1, 0.15) is 17.3 Å². The lowest BCUT2D eigenvalue weighted by atomic mass is 10.2. The molecule has 0 unspecified atom stereocenters. The van der Waals surface area contributed by atoms with Gasteiger partial charge in [0.1, 0.15) is 10.6 Å². The number of benzene rings is 2. The number of anilines is 2. The van der Waals surface area contributed by atoms with Crippen LogP contribution in [0.5, 0.6) is 5.75 Å². The maximum atomic E-state index is 12.5. The van der Waals surface area contributed by atoms with Crippen LogP contribution in [0.25, 0.3) is 0 Å². The van der Waals surface area contributed by atoms with Gasteiger partial charge in [-0.25, -0.2) is 17.5 Å². The zero-order valence-electron chi connectivity index (χ0n) is 16.6. The summed E-state index contributed by atoms with van der Waals surface area (Å²) in [5, 5.41) is 5.18. The monoisotopic (exact) mass is 421 g/mol. The summed E-state index contributed by atoms with van der Waals surface area (Å²) < 4.78 is 35.9. The van der Waals surface area contributed by atoms with Gasteiger partial charge >= 0.3 is 6.09 Å². The molecule has 9 nitrogen and oxygen atoms in total. The van der Waals surface area contributed by atoms with E-state index in [0.29, 0.717) is 16.9 Å². The van der Waals surface area contributed by atoms with E-state index in [1.54, 1.807) is 25.1 Å². The van der Waals surface area contributed by atoms with Gasteiger partial charge in [-0.05, 0) is 49.4 Å². The van der Waals surface area contributed by atoms with E-state index in [1.165, 1.54) is 45.5 Å². The Morgan fingerprint density at radius 1 is 1.00 bits per heavy atom. The first kappa shape index (κ1) is 22.2. The molecule has 0 aromatic heterocycles. The second-order valence-corrected chi connectivity index (χ2v) is 8.15. The highest BCUT2D eigenvalue weighted by molar-refractivity contribution is 7.89. The molecule has 0 aliphatic rings. The number of sulfonamides is 1. The summed E-state index contributed by atoms with van der Waals surface area (Å²) >= 11 is 0. The normalized spacial score (nSPS) is 11.1. The zero-order valence-corrected chi connectivity index (χ0v) is 17.4. The molecule has 2 N–H and O–H groups in total.